The summed E-state index contributed by atoms with van der Waals surface area (Å²) < 4.78 is 23.1. The molecule has 9 heteroatoms. The van der Waals surface area contributed by atoms with Gasteiger partial charge in [0.25, 0.3) is 6.29 Å². The van der Waals surface area contributed by atoms with Gasteiger partial charge in [-0.25, -0.2) is 4.79 Å². The number of allylic oxidation sites excluding steroid dienone is 16. The van der Waals surface area contributed by atoms with E-state index in [1.807, 2.05) is 21.1 Å². The highest BCUT2D eigenvalue weighted by atomic mass is 16.7. The fourth-order valence-electron chi connectivity index (χ4n) is 12.8. The number of rotatable bonds is 81. The lowest BCUT2D eigenvalue weighted by molar-refractivity contribution is -0.870. The molecule has 0 heterocycles. The van der Waals surface area contributed by atoms with Gasteiger partial charge in [-0.3, -0.25) is 9.59 Å². The first-order valence-electron chi connectivity index (χ1n) is 43.4. The highest BCUT2D eigenvalue weighted by molar-refractivity contribution is 5.71. The molecule has 0 aromatic rings. The molecule has 2 atom stereocenters. The summed E-state index contributed by atoms with van der Waals surface area (Å²) in [6, 6.07) is 0. The van der Waals surface area contributed by atoms with Crippen LogP contribution in [0.25, 0.3) is 0 Å². The maximum absolute atomic E-state index is 13.0. The Hall–Kier alpha value is -3.79. The summed E-state index contributed by atoms with van der Waals surface area (Å²) >= 11 is 0. The van der Waals surface area contributed by atoms with Crippen molar-refractivity contribution in [2.45, 2.75) is 424 Å². The minimum Gasteiger partial charge on any atom is -0.477 e. The molecule has 0 aromatic carbocycles. The maximum Gasteiger partial charge on any atom is 0.361 e. The van der Waals surface area contributed by atoms with Crippen LogP contribution in [0.3, 0.4) is 0 Å². The van der Waals surface area contributed by atoms with Crippen molar-refractivity contribution in [1.29, 1.82) is 0 Å². The largest absolute Gasteiger partial charge is 0.477 e. The molecule has 0 aliphatic carbocycles. The predicted octanol–water partition coefficient (Wildman–Crippen LogP) is 28.3. The maximum atomic E-state index is 13.0. The first-order valence-corrected chi connectivity index (χ1v) is 43.4. The van der Waals surface area contributed by atoms with Gasteiger partial charge < -0.3 is 28.5 Å². The van der Waals surface area contributed by atoms with E-state index in [4.69, 9.17) is 18.9 Å². The van der Waals surface area contributed by atoms with Crippen LogP contribution in [0.15, 0.2) is 97.2 Å². The molecule has 0 fully saturated rings. The topological polar surface area (TPSA) is 108 Å². The van der Waals surface area contributed by atoms with Crippen molar-refractivity contribution in [2.24, 2.45) is 0 Å². The molecule has 0 saturated carbocycles. The Balaban J connectivity index is 3.95. The van der Waals surface area contributed by atoms with Crippen molar-refractivity contribution in [2.75, 3.05) is 47.5 Å². The van der Waals surface area contributed by atoms with Crippen molar-refractivity contribution >= 4 is 17.9 Å². The Morgan fingerprint density at radius 2 is 0.564 bits per heavy atom. The summed E-state index contributed by atoms with van der Waals surface area (Å²) in [4.78, 5) is 37.8. The lowest BCUT2D eigenvalue weighted by atomic mass is 10.0. The van der Waals surface area contributed by atoms with Gasteiger partial charge in [0.2, 0.25) is 0 Å². The number of esters is 2. The second-order valence-corrected chi connectivity index (χ2v) is 30.5. The number of hydrogen-bond donors (Lipinski definition) is 1. The number of carbonyl (C=O) groups excluding carboxylic acids is 2. The third-order valence-electron chi connectivity index (χ3n) is 19.3. The molecule has 0 aliphatic rings. The summed E-state index contributed by atoms with van der Waals surface area (Å²) in [5, 5.41) is 9.79. The van der Waals surface area contributed by atoms with E-state index in [9.17, 15) is 19.5 Å². The Morgan fingerprint density at radius 1 is 0.307 bits per heavy atom. The minimum absolute atomic E-state index is 0.181. The van der Waals surface area contributed by atoms with Gasteiger partial charge in [0.05, 0.1) is 34.4 Å². The number of carbonyl (C=O) groups is 3. The molecule has 0 spiro atoms. The second-order valence-electron chi connectivity index (χ2n) is 30.5. The average Bonchev–Trinajstić information content (AvgIpc) is 1.25. The Bertz CT molecular complexity index is 1990. The van der Waals surface area contributed by atoms with Crippen molar-refractivity contribution in [1.82, 2.24) is 0 Å². The molecule has 9 nitrogen and oxygen atoms in total. The Labute approximate surface area is 626 Å². The van der Waals surface area contributed by atoms with E-state index in [1.165, 1.54) is 302 Å². The summed E-state index contributed by atoms with van der Waals surface area (Å²) in [5.74, 6) is -1.99. The molecule has 0 aliphatic heterocycles. The zero-order chi connectivity index (χ0) is 73.2. The third-order valence-corrected chi connectivity index (χ3v) is 19.3. The fraction of sp³-hybridized carbons (Fsp3) is 0.793. The number of nitrogens with zero attached hydrogens (tertiary/aromatic N) is 1. The molecule has 0 radical (unpaired) electrons. The number of aliphatic carboxylic acids is 1. The lowest BCUT2D eigenvalue weighted by Crippen LogP contribution is -2.40. The van der Waals surface area contributed by atoms with E-state index in [1.54, 1.807) is 0 Å². The molecule has 0 amide bonds. The molecule has 0 bridgehead atoms. The van der Waals surface area contributed by atoms with Crippen LogP contribution >= 0.6 is 0 Å². The van der Waals surface area contributed by atoms with Gasteiger partial charge in [0, 0.05) is 12.8 Å². The lowest BCUT2D eigenvalue weighted by Gasteiger charge is -2.25. The summed E-state index contributed by atoms with van der Waals surface area (Å²) in [7, 11) is 5.99. The zero-order valence-electron chi connectivity index (χ0n) is 67.3. The van der Waals surface area contributed by atoms with Crippen LogP contribution in [-0.2, 0) is 33.3 Å². The highest BCUT2D eigenvalue weighted by Crippen LogP contribution is 2.20. The zero-order valence-corrected chi connectivity index (χ0v) is 67.3. The standard InChI is InChI=1S/C92H165NO8/c1-6-8-10-12-14-16-18-20-22-24-26-28-30-32-34-36-38-40-42-43-44-45-46-47-49-50-52-54-56-58-60-62-64-66-68-70-72-74-76-78-80-82-89(94)99-86-88(87-100-92(91(96)97)98-85-84-93(3,4)5)101-90(95)83-81-79-77-75-73-71-69-67-65-63-61-59-57-55-53-51-48-41-39-37-35-33-31-29-27-25-23-21-19-17-15-13-11-9-7-2/h9,11,15,17,21,23-24,26-27,29,33,35,39,41,51,53,88,92H,6-8,10,12-14,16,18-20,22,25,28,30-32,34,36-38,40,42-50,52,54-87H2,1-5H3/p+1/b11-9-,17-15-,23-21-,26-24-,29-27-,35-33-,41-39-,53-51-. The van der Waals surface area contributed by atoms with Crippen molar-refractivity contribution < 1.29 is 42.9 Å². The number of carboxylic acid groups (broad SMARTS) is 1. The van der Waals surface area contributed by atoms with Crippen LogP contribution in [0.4, 0.5) is 0 Å². The number of quaternary nitrogens is 1. The highest BCUT2D eigenvalue weighted by Gasteiger charge is 2.25. The SMILES string of the molecule is CC/C=C\C/C=C\C/C=C\C/C=C\C/C=C\C/C=C\C/C=C\CCCCCCCCCCCCCCCC(=O)OC(COC(=O)CCCCCCCCCCCCCCCCCCCCCCCCCCCCCCC/C=C\CCCCCCCCCC)COC(OCC[N+](C)(C)C)C(=O)O. The van der Waals surface area contributed by atoms with Gasteiger partial charge in [-0.05, 0) is 96.3 Å². The fourth-order valence-corrected chi connectivity index (χ4v) is 12.8. The van der Waals surface area contributed by atoms with Gasteiger partial charge in [-0.1, -0.05) is 400 Å². The van der Waals surface area contributed by atoms with E-state index >= 15 is 0 Å². The quantitative estimate of drug-likeness (QED) is 0.0211. The first kappa shape index (κ1) is 97.2. The summed E-state index contributed by atoms with van der Waals surface area (Å²) in [6.07, 6.45) is 112. The normalized spacial score (nSPS) is 13.1. The van der Waals surface area contributed by atoms with E-state index in [0.29, 0.717) is 17.4 Å². The number of unbranched alkanes of at least 4 members (excludes halogenated alkanes) is 50. The van der Waals surface area contributed by atoms with E-state index in [2.05, 4.69) is 111 Å². The number of hydrogen-bond acceptors (Lipinski definition) is 7. The van der Waals surface area contributed by atoms with Crippen LogP contribution < -0.4 is 0 Å². The van der Waals surface area contributed by atoms with Gasteiger partial charge >= 0.3 is 17.9 Å². The first-order chi connectivity index (χ1) is 49.6. The van der Waals surface area contributed by atoms with Gasteiger partial charge in [-0.15, -0.1) is 0 Å². The van der Waals surface area contributed by atoms with Crippen LogP contribution in [-0.4, -0.2) is 87.4 Å². The Kier molecular flexibility index (Phi) is 78.8. The predicted molar refractivity (Wildman–Crippen MR) is 438 cm³/mol. The molecule has 101 heavy (non-hydrogen) atoms. The molecule has 0 rings (SSSR count). The smallest absolute Gasteiger partial charge is 0.361 e. The molecule has 586 valence electrons. The van der Waals surface area contributed by atoms with E-state index in [-0.39, 0.29) is 32.2 Å². The van der Waals surface area contributed by atoms with Gasteiger partial charge in [-0.2, -0.15) is 0 Å². The van der Waals surface area contributed by atoms with Crippen molar-refractivity contribution in [3.63, 3.8) is 0 Å². The molecule has 1 N–H and O–H groups in total. The summed E-state index contributed by atoms with van der Waals surface area (Å²) in [6.45, 7) is 4.82. The van der Waals surface area contributed by atoms with Crippen LogP contribution in [0.2, 0.25) is 0 Å². The number of carboxylic acids is 1. The van der Waals surface area contributed by atoms with Crippen LogP contribution in [0.1, 0.15) is 412 Å². The molecular formula is C92H166NO8+. The Morgan fingerprint density at radius 3 is 0.851 bits per heavy atom. The minimum atomic E-state index is -1.51. The third kappa shape index (κ3) is 83.4. The van der Waals surface area contributed by atoms with Gasteiger partial charge in [0.15, 0.2) is 6.10 Å². The van der Waals surface area contributed by atoms with Crippen molar-refractivity contribution in [3.05, 3.63) is 97.2 Å². The molecule has 0 saturated heterocycles. The molecule has 0 aromatic heterocycles. The van der Waals surface area contributed by atoms with Crippen LogP contribution in [0.5, 0.6) is 0 Å². The average molecular weight is 1410 g/mol. The van der Waals surface area contributed by atoms with E-state index < -0.39 is 24.3 Å². The second kappa shape index (κ2) is 81.9. The molecule has 2 unspecified atom stereocenters. The number of ether oxygens (including phenoxy) is 4. The molecular weight excluding hydrogens is 1250 g/mol. The van der Waals surface area contributed by atoms with E-state index in [0.717, 1.165) is 83.5 Å². The summed E-state index contributed by atoms with van der Waals surface area (Å²) in [5.41, 5.74) is 0. The monoisotopic (exact) mass is 1410 g/mol. The van der Waals surface area contributed by atoms with Gasteiger partial charge in [0.1, 0.15) is 13.2 Å². The number of likely N-dealkylation sites (N-methyl/N-ethyl adjacent to an activating group) is 1. The van der Waals surface area contributed by atoms with Crippen LogP contribution in [0, 0.1) is 0 Å². The van der Waals surface area contributed by atoms with Crippen molar-refractivity contribution in [3.8, 4) is 0 Å².